The van der Waals surface area contributed by atoms with Crippen LogP contribution in [0.15, 0.2) is 67.0 Å². The first-order chi connectivity index (χ1) is 14.6. The Morgan fingerprint density at radius 3 is 2.67 bits per heavy atom. The molecule has 30 heavy (non-hydrogen) atoms. The van der Waals surface area contributed by atoms with Gasteiger partial charge in [0, 0.05) is 35.1 Å². The van der Waals surface area contributed by atoms with Crippen LogP contribution < -0.4 is 14.8 Å². The molecule has 0 fully saturated rings. The largest absolute Gasteiger partial charge is 0.494 e. The van der Waals surface area contributed by atoms with Gasteiger partial charge in [0.2, 0.25) is 0 Å². The third-order valence-corrected chi connectivity index (χ3v) is 4.22. The zero-order chi connectivity index (χ0) is 20.9. The molecule has 1 N–H and O–H groups in total. The van der Waals surface area contributed by atoms with E-state index in [0.717, 1.165) is 10.9 Å². The van der Waals surface area contributed by atoms with Crippen LogP contribution in [0, 0.1) is 0 Å². The standard InChI is InChI=1S/C22H18F2N4O2/c1-2-29-16-8-9-19-18(12-16)21(28-20(27-19)14-5-4-10-25-13-14)26-15-6-3-7-17(11-15)30-22(23)24/h3-13,22H,2H2,1H3,(H,26,27,28). The lowest BCUT2D eigenvalue weighted by Crippen LogP contribution is -2.03. The highest BCUT2D eigenvalue weighted by Crippen LogP contribution is 2.31. The first-order valence-electron chi connectivity index (χ1n) is 9.29. The maximum atomic E-state index is 12.6. The summed E-state index contributed by atoms with van der Waals surface area (Å²) in [4.78, 5) is 13.4. The van der Waals surface area contributed by atoms with Crippen molar-refractivity contribution in [2.75, 3.05) is 11.9 Å². The molecule has 0 aliphatic rings. The van der Waals surface area contributed by atoms with E-state index in [-0.39, 0.29) is 5.75 Å². The van der Waals surface area contributed by atoms with Gasteiger partial charge in [0.15, 0.2) is 5.82 Å². The second kappa shape index (κ2) is 8.69. The Bertz CT molecular complexity index is 1160. The molecule has 0 aliphatic carbocycles. The number of pyridine rings is 1. The average molecular weight is 408 g/mol. The van der Waals surface area contributed by atoms with Crippen LogP contribution in [-0.2, 0) is 0 Å². The van der Waals surface area contributed by atoms with Crippen molar-refractivity contribution < 1.29 is 18.3 Å². The number of hydrogen-bond acceptors (Lipinski definition) is 6. The molecule has 8 heteroatoms. The van der Waals surface area contributed by atoms with Crippen molar-refractivity contribution >= 4 is 22.4 Å². The Balaban J connectivity index is 1.80. The topological polar surface area (TPSA) is 69.2 Å². The summed E-state index contributed by atoms with van der Waals surface area (Å²) in [6.45, 7) is -0.471. The van der Waals surface area contributed by atoms with E-state index in [2.05, 4.69) is 25.0 Å². The fourth-order valence-corrected chi connectivity index (χ4v) is 2.97. The summed E-state index contributed by atoms with van der Waals surface area (Å²) in [5.74, 6) is 1.73. The summed E-state index contributed by atoms with van der Waals surface area (Å²) in [6.07, 6.45) is 3.35. The Kier molecular flexibility index (Phi) is 5.65. The zero-order valence-electron chi connectivity index (χ0n) is 16.0. The van der Waals surface area contributed by atoms with Crippen molar-refractivity contribution in [3.05, 3.63) is 67.0 Å². The maximum Gasteiger partial charge on any atom is 0.387 e. The van der Waals surface area contributed by atoms with Crippen molar-refractivity contribution in [1.82, 2.24) is 15.0 Å². The van der Waals surface area contributed by atoms with Gasteiger partial charge in [0.25, 0.3) is 0 Å². The summed E-state index contributed by atoms with van der Waals surface area (Å²) in [7, 11) is 0. The van der Waals surface area contributed by atoms with E-state index >= 15 is 0 Å². The number of alkyl halides is 2. The van der Waals surface area contributed by atoms with Crippen molar-refractivity contribution in [3.63, 3.8) is 0 Å². The number of benzene rings is 2. The van der Waals surface area contributed by atoms with E-state index in [0.29, 0.717) is 35.2 Å². The van der Waals surface area contributed by atoms with Gasteiger partial charge in [-0.2, -0.15) is 8.78 Å². The molecule has 2 aromatic heterocycles. The van der Waals surface area contributed by atoms with E-state index < -0.39 is 6.61 Å². The van der Waals surface area contributed by atoms with Crippen LogP contribution in [0.5, 0.6) is 11.5 Å². The van der Waals surface area contributed by atoms with Gasteiger partial charge in [-0.3, -0.25) is 4.98 Å². The normalized spacial score (nSPS) is 10.9. The lowest BCUT2D eigenvalue weighted by atomic mass is 10.2. The molecular weight excluding hydrogens is 390 g/mol. The van der Waals surface area contributed by atoms with E-state index in [9.17, 15) is 8.78 Å². The van der Waals surface area contributed by atoms with E-state index in [1.807, 2.05) is 31.2 Å². The van der Waals surface area contributed by atoms with Crippen molar-refractivity contribution in [2.45, 2.75) is 13.5 Å². The lowest BCUT2D eigenvalue weighted by Gasteiger charge is -2.13. The maximum absolute atomic E-state index is 12.6. The molecule has 0 saturated carbocycles. The van der Waals surface area contributed by atoms with Crippen LogP contribution in [0.1, 0.15) is 6.92 Å². The van der Waals surface area contributed by atoms with Gasteiger partial charge in [-0.1, -0.05) is 6.07 Å². The number of anilines is 2. The summed E-state index contributed by atoms with van der Waals surface area (Å²) in [6, 6.07) is 15.5. The molecule has 4 rings (SSSR count). The predicted octanol–water partition coefficient (Wildman–Crippen LogP) is 5.44. The Labute approximate surface area is 171 Å². The van der Waals surface area contributed by atoms with Gasteiger partial charge in [0.05, 0.1) is 12.1 Å². The van der Waals surface area contributed by atoms with Crippen molar-refractivity contribution in [1.29, 1.82) is 0 Å². The number of fused-ring (bicyclic) bond motifs is 1. The van der Waals surface area contributed by atoms with E-state index in [1.165, 1.54) is 12.1 Å². The molecule has 0 atom stereocenters. The van der Waals surface area contributed by atoms with Crippen molar-refractivity contribution in [3.8, 4) is 22.9 Å². The zero-order valence-corrected chi connectivity index (χ0v) is 16.0. The van der Waals surface area contributed by atoms with Gasteiger partial charge in [-0.05, 0) is 49.4 Å². The molecule has 2 heterocycles. The molecule has 6 nitrogen and oxygen atoms in total. The number of aromatic nitrogens is 3. The van der Waals surface area contributed by atoms with Crippen LogP contribution in [0.4, 0.5) is 20.3 Å². The van der Waals surface area contributed by atoms with Crippen LogP contribution in [0.3, 0.4) is 0 Å². The SMILES string of the molecule is CCOc1ccc2nc(-c3cccnc3)nc(Nc3cccc(OC(F)F)c3)c2c1. The number of nitrogens with zero attached hydrogens (tertiary/aromatic N) is 3. The molecule has 2 aromatic carbocycles. The molecule has 0 saturated heterocycles. The second-order valence-corrected chi connectivity index (χ2v) is 6.28. The molecule has 152 valence electrons. The first-order valence-corrected chi connectivity index (χ1v) is 9.29. The smallest absolute Gasteiger partial charge is 0.387 e. The highest BCUT2D eigenvalue weighted by molar-refractivity contribution is 5.93. The summed E-state index contributed by atoms with van der Waals surface area (Å²) >= 11 is 0. The summed E-state index contributed by atoms with van der Waals surface area (Å²) in [5, 5.41) is 3.92. The van der Waals surface area contributed by atoms with Gasteiger partial charge < -0.3 is 14.8 Å². The molecular formula is C22H18F2N4O2. The lowest BCUT2D eigenvalue weighted by molar-refractivity contribution is -0.0498. The van der Waals surface area contributed by atoms with Gasteiger partial charge >= 0.3 is 6.61 Å². The monoisotopic (exact) mass is 408 g/mol. The van der Waals surface area contributed by atoms with Crippen LogP contribution >= 0.6 is 0 Å². The number of hydrogen-bond donors (Lipinski definition) is 1. The van der Waals surface area contributed by atoms with Crippen molar-refractivity contribution in [2.24, 2.45) is 0 Å². The van der Waals surface area contributed by atoms with Crippen LogP contribution in [0.2, 0.25) is 0 Å². The quantitative estimate of drug-likeness (QED) is 0.439. The Morgan fingerprint density at radius 1 is 1.00 bits per heavy atom. The molecule has 0 amide bonds. The van der Waals surface area contributed by atoms with Gasteiger partial charge in [-0.15, -0.1) is 0 Å². The predicted molar refractivity (Wildman–Crippen MR) is 110 cm³/mol. The minimum absolute atomic E-state index is 0.0517. The third-order valence-electron chi connectivity index (χ3n) is 4.22. The van der Waals surface area contributed by atoms with Crippen LogP contribution in [0.25, 0.3) is 22.3 Å². The minimum Gasteiger partial charge on any atom is -0.494 e. The molecule has 0 radical (unpaired) electrons. The van der Waals surface area contributed by atoms with E-state index in [4.69, 9.17) is 4.74 Å². The number of ether oxygens (including phenoxy) is 2. The molecule has 0 spiro atoms. The van der Waals surface area contributed by atoms with Gasteiger partial charge in [0.1, 0.15) is 17.3 Å². The fraction of sp³-hybridized carbons (Fsp3) is 0.136. The molecule has 4 aromatic rings. The first kappa shape index (κ1) is 19.5. The second-order valence-electron chi connectivity index (χ2n) is 6.28. The van der Waals surface area contributed by atoms with E-state index in [1.54, 1.807) is 30.6 Å². The third kappa shape index (κ3) is 4.43. The Hall–Kier alpha value is -3.81. The Morgan fingerprint density at radius 2 is 1.90 bits per heavy atom. The number of halogens is 2. The summed E-state index contributed by atoms with van der Waals surface area (Å²) < 4.78 is 35.2. The summed E-state index contributed by atoms with van der Waals surface area (Å²) in [5.41, 5.74) is 2.01. The van der Waals surface area contributed by atoms with Gasteiger partial charge in [-0.25, -0.2) is 9.97 Å². The number of nitrogens with one attached hydrogen (secondary N) is 1. The molecule has 0 aliphatic heterocycles. The molecule has 0 bridgehead atoms. The minimum atomic E-state index is -2.90. The molecule has 0 unspecified atom stereocenters. The van der Waals surface area contributed by atoms with Crippen LogP contribution in [-0.4, -0.2) is 28.2 Å². The fourth-order valence-electron chi connectivity index (χ4n) is 2.97. The highest BCUT2D eigenvalue weighted by Gasteiger charge is 2.12. The average Bonchev–Trinajstić information content (AvgIpc) is 2.74. The highest BCUT2D eigenvalue weighted by atomic mass is 19.3. The number of rotatable bonds is 7.